The highest BCUT2D eigenvalue weighted by Gasteiger charge is 2.20. The van der Waals surface area contributed by atoms with Crippen LogP contribution in [-0.4, -0.2) is 25.7 Å². The van der Waals surface area contributed by atoms with E-state index < -0.39 is 5.69 Å². The molecule has 0 unspecified atom stereocenters. The Bertz CT molecular complexity index is 1160. The van der Waals surface area contributed by atoms with Gasteiger partial charge in [-0.1, -0.05) is 44.2 Å². The first-order valence-corrected chi connectivity index (χ1v) is 11.3. The van der Waals surface area contributed by atoms with Gasteiger partial charge in [-0.15, -0.1) is 22.7 Å². The van der Waals surface area contributed by atoms with E-state index in [4.69, 9.17) is 0 Å². The number of tetrazole rings is 1. The number of benzene rings is 1. The summed E-state index contributed by atoms with van der Waals surface area (Å²) in [6.07, 6.45) is 0. The number of rotatable bonds is 7. The van der Waals surface area contributed by atoms with Gasteiger partial charge in [0.1, 0.15) is 11.5 Å². The first kappa shape index (κ1) is 20.2. The standard InChI is InChI=1S/C21H21N5O2S2/c1-14(2)15-7-9-16(10-8-15)20(17-5-3-11-29-17)22-18(27)13-25-21(28)26(24-23-25)19-6-4-12-30-19/h3-12,14,20H,13H2,1-2H3,(H,22,27)/t20-/m0/s1. The number of carbonyl (C=O) groups excluding carboxylic acids is 1. The average Bonchev–Trinajstić information content (AvgIpc) is 3.50. The predicted octanol–water partition coefficient (Wildman–Crippen LogP) is 3.58. The first-order chi connectivity index (χ1) is 14.5. The van der Waals surface area contributed by atoms with Gasteiger partial charge in [0.05, 0.1) is 6.04 Å². The van der Waals surface area contributed by atoms with Gasteiger partial charge in [0.15, 0.2) is 0 Å². The topological polar surface area (TPSA) is 81.8 Å². The number of aromatic nitrogens is 4. The van der Waals surface area contributed by atoms with Crippen LogP contribution in [0.15, 0.2) is 64.1 Å². The normalized spacial score (nSPS) is 12.2. The van der Waals surface area contributed by atoms with Gasteiger partial charge < -0.3 is 5.32 Å². The minimum atomic E-state index is -0.443. The van der Waals surface area contributed by atoms with Gasteiger partial charge in [-0.2, -0.15) is 9.36 Å². The van der Waals surface area contributed by atoms with E-state index in [0.29, 0.717) is 10.9 Å². The number of hydrogen-bond acceptors (Lipinski definition) is 6. The molecule has 4 aromatic rings. The van der Waals surface area contributed by atoms with Crippen molar-refractivity contribution in [1.82, 2.24) is 25.1 Å². The molecule has 1 aromatic carbocycles. The summed E-state index contributed by atoms with van der Waals surface area (Å²) in [6, 6.07) is 15.5. The molecule has 0 saturated heterocycles. The molecule has 0 bridgehead atoms. The van der Waals surface area contributed by atoms with Crippen molar-refractivity contribution in [2.45, 2.75) is 32.4 Å². The molecule has 0 aliphatic carbocycles. The Hall–Kier alpha value is -3.04. The summed E-state index contributed by atoms with van der Waals surface area (Å²) >= 11 is 2.96. The molecule has 0 fully saturated rings. The molecule has 30 heavy (non-hydrogen) atoms. The van der Waals surface area contributed by atoms with Gasteiger partial charge in [0.2, 0.25) is 5.91 Å². The molecule has 0 saturated carbocycles. The molecule has 3 aromatic heterocycles. The van der Waals surface area contributed by atoms with Crippen LogP contribution in [0.5, 0.6) is 0 Å². The van der Waals surface area contributed by atoms with Crippen molar-refractivity contribution in [3.63, 3.8) is 0 Å². The van der Waals surface area contributed by atoms with Crippen molar-refractivity contribution in [3.05, 3.63) is 85.8 Å². The van der Waals surface area contributed by atoms with Crippen LogP contribution in [0.4, 0.5) is 0 Å². The summed E-state index contributed by atoms with van der Waals surface area (Å²) in [5.41, 5.74) is 1.79. The van der Waals surface area contributed by atoms with Crippen molar-refractivity contribution >= 4 is 28.6 Å². The van der Waals surface area contributed by atoms with E-state index in [1.54, 1.807) is 17.4 Å². The maximum atomic E-state index is 12.8. The monoisotopic (exact) mass is 439 g/mol. The Morgan fingerprint density at radius 1 is 1.00 bits per heavy atom. The summed E-state index contributed by atoms with van der Waals surface area (Å²) < 4.78 is 2.27. The predicted molar refractivity (Wildman–Crippen MR) is 118 cm³/mol. The molecule has 154 valence electrons. The molecule has 0 aliphatic rings. The fraction of sp³-hybridized carbons (Fsp3) is 0.238. The van der Waals surface area contributed by atoms with Crippen molar-refractivity contribution in [3.8, 4) is 5.00 Å². The van der Waals surface area contributed by atoms with E-state index >= 15 is 0 Å². The second-order valence-electron chi connectivity index (χ2n) is 7.12. The van der Waals surface area contributed by atoms with E-state index in [-0.39, 0.29) is 18.5 Å². The SMILES string of the molecule is CC(C)c1ccc([C@H](NC(=O)Cn2nnn(-c3cccs3)c2=O)c2cccs2)cc1. The summed E-state index contributed by atoms with van der Waals surface area (Å²) in [7, 11) is 0. The van der Waals surface area contributed by atoms with Gasteiger partial charge in [0.25, 0.3) is 0 Å². The highest BCUT2D eigenvalue weighted by molar-refractivity contribution is 7.12. The Labute approximate surface area is 181 Å². The van der Waals surface area contributed by atoms with Gasteiger partial charge in [-0.3, -0.25) is 4.79 Å². The van der Waals surface area contributed by atoms with Crippen molar-refractivity contribution in [1.29, 1.82) is 0 Å². The number of thiophene rings is 2. The zero-order valence-corrected chi connectivity index (χ0v) is 18.2. The first-order valence-electron chi connectivity index (χ1n) is 9.52. The third-order valence-electron chi connectivity index (χ3n) is 4.72. The molecule has 1 N–H and O–H groups in total. The lowest BCUT2D eigenvalue weighted by Gasteiger charge is -2.19. The van der Waals surface area contributed by atoms with Crippen LogP contribution in [0.2, 0.25) is 0 Å². The third kappa shape index (κ3) is 4.27. The summed E-state index contributed by atoms with van der Waals surface area (Å²) in [6.45, 7) is 4.10. The second-order valence-corrected chi connectivity index (χ2v) is 9.02. The van der Waals surface area contributed by atoms with E-state index in [2.05, 4.69) is 41.7 Å². The van der Waals surface area contributed by atoms with Gasteiger partial charge in [-0.25, -0.2) is 4.79 Å². The summed E-state index contributed by atoms with van der Waals surface area (Å²) in [5.74, 6) is 0.133. The van der Waals surface area contributed by atoms with E-state index in [9.17, 15) is 9.59 Å². The number of amides is 1. The Kier molecular flexibility index (Phi) is 5.91. The van der Waals surface area contributed by atoms with Crippen LogP contribution < -0.4 is 11.0 Å². The van der Waals surface area contributed by atoms with Gasteiger partial charge in [0, 0.05) is 4.88 Å². The number of hydrogen-bond donors (Lipinski definition) is 1. The lowest BCUT2D eigenvalue weighted by atomic mass is 9.98. The van der Waals surface area contributed by atoms with Crippen LogP contribution >= 0.6 is 22.7 Å². The molecule has 1 amide bonds. The second kappa shape index (κ2) is 8.76. The van der Waals surface area contributed by atoms with E-state index in [0.717, 1.165) is 15.1 Å². The number of nitrogens with one attached hydrogen (secondary N) is 1. The molecule has 0 aliphatic heterocycles. The molecule has 4 rings (SSSR count). The fourth-order valence-corrected chi connectivity index (χ4v) is 4.56. The Balaban J connectivity index is 1.54. The molecule has 9 heteroatoms. The highest BCUT2D eigenvalue weighted by atomic mass is 32.1. The van der Waals surface area contributed by atoms with Crippen LogP contribution in [-0.2, 0) is 11.3 Å². The lowest BCUT2D eigenvalue weighted by molar-refractivity contribution is -0.122. The third-order valence-corrected chi connectivity index (χ3v) is 6.50. The zero-order chi connectivity index (χ0) is 21.1. The van der Waals surface area contributed by atoms with Crippen molar-refractivity contribution in [2.24, 2.45) is 0 Å². The number of nitrogens with zero attached hydrogens (tertiary/aromatic N) is 4. The molecule has 7 nitrogen and oxygen atoms in total. The van der Waals surface area contributed by atoms with Crippen molar-refractivity contribution in [2.75, 3.05) is 0 Å². The molecule has 0 radical (unpaired) electrons. The quantitative estimate of drug-likeness (QED) is 0.477. The van der Waals surface area contributed by atoms with Gasteiger partial charge >= 0.3 is 5.69 Å². The zero-order valence-electron chi connectivity index (χ0n) is 16.6. The van der Waals surface area contributed by atoms with Gasteiger partial charge in [-0.05, 0) is 56.4 Å². The maximum Gasteiger partial charge on any atom is 0.369 e. The minimum Gasteiger partial charge on any atom is -0.343 e. The lowest BCUT2D eigenvalue weighted by Crippen LogP contribution is -2.35. The summed E-state index contributed by atoms with van der Waals surface area (Å²) in [5, 5.41) is 15.3. The number of carbonyl (C=O) groups is 1. The molecular weight excluding hydrogens is 418 g/mol. The molecule has 0 spiro atoms. The summed E-state index contributed by atoms with van der Waals surface area (Å²) in [4.78, 5) is 26.3. The molecular formula is C21H21N5O2S2. The molecule has 1 atom stereocenters. The van der Waals surface area contributed by atoms with Crippen LogP contribution in [0, 0.1) is 0 Å². The Morgan fingerprint density at radius 2 is 1.70 bits per heavy atom. The smallest absolute Gasteiger partial charge is 0.343 e. The largest absolute Gasteiger partial charge is 0.369 e. The highest BCUT2D eigenvalue weighted by Crippen LogP contribution is 2.27. The van der Waals surface area contributed by atoms with Crippen LogP contribution in [0.1, 0.15) is 41.8 Å². The molecule has 3 heterocycles. The van der Waals surface area contributed by atoms with E-state index in [1.807, 2.05) is 41.1 Å². The maximum absolute atomic E-state index is 12.8. The van der Waals surface area contributed by atoms with Crippen LogP contribution in [0.3, 0.4) is 0 Å². The Morgan fingerprint density at radius 3 is 2.33 bits per heavy atom. The van der Waals surface area contributed by atoms with Crippen LogP contribution in [0.25, 0.3) is 5.00 Å². The minimum absolute atomic E-state index is 0.198. The average molecular weight is 440 g/mol. The van der Waals surface area contributed by atoms with E-state index in [1.165, 1.54) is 21.6 Å². The van der Waals surface area contributed by atoms with Crippen molar-refractivity contribution < 1.29 is 4.79 Å². The fourth-order valence-electron chi connectivity index (χ4n) is 3.09.